The highest BCUT2D eigenvalue weighted by Crippen LogP contribution is 2.10. The average molecular weight is 173 g/mol. The predicted octanol–water partition coefficient (Wildman–Crippen LogP) is 0.191. The van der Waals surface area contributed by atoms with Crippen molar-refractivity contribution >= 4 is 6.09 Å². The van der Waals surface area contributed by atoms with Crippen LogP contribution in [0.4, 0.5) is 4.79 Å². The molecule has 0 saturated carbocycles. The predicted molar refractivity (Wildman–Crippen MR) is 45.8 cm³/mol. The summed E-state index contributed by atoms with van der Waals surface area (Å²) in [5.41, 5.74) is 0. The number of nitrogens with zero attached hydrogens (tertiary/aromatic N) is 1. The molecule has 70 valence electrons. The summed E-state index contributed by atoms with van der Waals surface area (Å²) in [5, 5.41) is 3.29. The van der Waals surface area contributed by atoms with Crippen molar-refractivity contribution in [3.8, 4) is 0 Å². The van der Waals surface area contributed by atoms with Crippen LogP contribution in [0, 0.1) is 0 Å². The van der Waals surface area contributed by atoms with Gasteiger partial charge in [-0.1, -0.05) is 0 Å². The third kappa shape index (κ3) is 1.76. The first-order valence-electron chi connectivity index (χ1n) is 4.25. The first kappa shape index (κ1) is 9.48. The number of ether oxygens (including phenoxy) is 1. The minimum absolute atomic E-state index is 0.136. The number of amides is 1. The quantitative estimate of drug-likeness (QED) is 0.531. The van der Waals surface area contributed by atoms with Crippen molar-refractivity contribution in [3.63, 3.8) is 0 Å². The number of methoxy groups -OCH3 is 1. The standard InChI is InChI=1S/C8H17N2O2/c1-7-6-10(2,5-4-9-7)8(11)12-3/h7,9H,4-6H2,1-3H3/q+1. The molecule has 0 aromatic carbocycles. The summed E-state index contributed by atoms with van der Waals surface area (Å²) < 4.78 is 5.14. The number of hydrogen-bond donors (Lipinski definition) is 1. The third-order valence-corrected chi connectivity index (χ3v) is 2.39. The largest absolute Gasteiger partial charge is 0.515 e. The molecule has 1 aliphatic rings. The van der Waals surface area contributed by atoms with Gasteiger partial charge in [0, 0.05) is 6.54 Å². The van der Waals surface area contributed by atoms with Gasteiger partial charge in [0.25, 0.3) is 0 Å². The molecule has 1 heterocycles. The van der Waals surface area contributed by atoms with Crippen molar-refractivity contribution < 1.29 is 14.0 Å². The smallest absolute Gasteiger partial charge is 0.423 e. The van der Waals surface area contributed by atoms with Crippen LogP contribution in [0.25, 0.3) is 0 Å². The average Bonchev–Trinajstić information content (AvgIpc) is 2.02. The van der Waals surface area contributed by atoms with Crippen LogP contribution in [0.3, 0.4) is 0 Å². The van der Waals surface area contributed by atoms with Gasteiger partial charge in [-0.3, -0.25) is 0 Å². The summed E-state index contributed by atoms with van der Waals surface area (Å²) in [6, 6.07) is 0.392. The van der Waals surface area contributed by atoms with E-state index in [4.69, 9.17) is 4.74 Å². The molecular weight excluding hydrogens is 156 g/mol. The van der Waals surface area contributed by atoms with E-state index in [0.29, 0.717) is 10.5 Å². The third-order valence-electron chi connectivity index (χ3n) is 2.39. The van der Waals surface area contributed by atoms with E-state index in [2.05, 4.69) is 12.2 Å². The molecule has 2 unspecified atom stereocenters. The van der Waals surface area contributed by atoms with Crippen molar-refractivity contribution in [2.75, 3.05) is 33.8 Å². The van der Waals surface area contributed by atoms with Gasteiger partial charge in [0.2, 0.25) is 0 Å². The first-order valence-corrected chi connectivity index (χ1v) is 4.25. The highest BCUT2D eigenvalue weighted by atomic mass is 16.5. The number of piperazine rings is 1. The Bertz CT molecular complexity index is 184. The monoisotopic (exact) mass is 173 g/mol. The Morgan fingerprint density at radius 2 is 2.33 bits per heavy atom. The van der Waals surface area contributed by atoms with E-state index in [1.54, 1.807) is 0 Å². The van der Waals surface area contributed by atoms with Crippen LogP contribution in [0.1, 0.15) is 6.92 Å². The second kappa shape index (κ2) is 3.41. The van der Waals surface area contributed by atoms with Gasteiger partial charge in [0.15, 0.2) is 0 Å². The summed E-state index contributed by atoms with van der Waals surface area (Å²) in [6.07, 6.45) is -0.136. The summed E-state index contributed by atoms with van der Waals surface area (Å²) in [5.74, 6) is 0. The lowest BCUT2D eigenvalue weighted by Gasteiger charge is -2.36. The van der Waals surface area contributed by atoms with Crippen LogP contribution in [-0.2, 0) is 4.74 Å². The molecule has 12 heavy (non-hydrogen) atoms. The molecule has 2 atom stereocenters. The molecule has 0 aliphatic carbocycles. The Kier molecular flexibility index (Phi) is 2.69. The van der Waals surface area contributed by atoms with E-state index in [0.717, 1.165) is 19.6 Å². The summed E-state index contributed by atoms with van der Waals surface area (Å²) in [6.45, 7) is 4.59. The van der Waals surface area contributed by atoms with Crippen LogP contribution < -0.4 is 5.32 Å². The molecular formula is C8H17N2O2+. The molecule has 0 radical (unpaired) electrons. The maximum absolute atomic E-state index is 11.4. The van der Waals surface area contributed by atoms with Crippen molar-refractivity contribution in [2.45, 2.75) is 13.0 Å². The van der Waals surface area contributed by atoms with Gasteiger partial charge < -0.3 is 10.1 Å². The topological polar surface area (TPSA) is 38.3 Å². The number of carbonyl (C=O) groups is 1. The maximum Gasteiger partial charge on any atom is 0.515 e. The number of rotatable bonds is 0. The van der Waals surface area contributed by atoms with Crippen LogP contribution >= 0.6 is 0 Å². The van der Waals surface area contributed by atoms with Crippen LogP contribution in [-0.4, -0.2) is 50.4 Å². The molecule has 1 aliphatic heterocycles. The van der Waals surface area contributed by atoms with Crippen LogP contribution in [0.2, 0.25) is 0 Å². The molecule has 0 aromatic rings. The number of hydrogen-bond acceptors (Lipinski definition) is 3. The highest BCUT2D eigenvalue weighted by molar-refractivity contribution is 5.59. The SMILES string of the molecule is COC(=O)[N+]1(C)CCNC(C)C1. The number of likely N-dealkylation sites (N-methyl/N-ethyl adjacent to an activating group) is 1. The zero-order chi connectivity index (χ0) is 9.19. The fraction of sp³-hybridized carbons (Fsp3) is 0.875. The van der Waals surface area contributed by atoms with Gasteiger partial charge >= 0.3 is 6.09 Å². The Morgan fingerprint density at radius 1 is 1.67 bits per heavy atom. The van der Waals surface area contributed by atoms with E-state index < -0.39 is 0 Å². The Morgan fingerprint density at radius 3 is 2.83 bits per heavy atom. The molecule has 4 nitrogen and oxygen atoms in total. The van der Waals surface area contributed by atoms with Gasteiger partial charge in [-0.05, 0) is 6.92 Å². The van der Waals surface area contributed by atoms with Crippen LogP contribution in [0.5, 0.6) is 0 Å². The van der Waals surface area contributed by atoms with Crippen molar-refractivity contribution in [3.05, 3.63) is 0 Å². The van der Waals surface area contributed by atoms with Gasteiger partial charge in [-0.2, -0.15) is 4.79 Å². The van der Waals surface area contributed by atoms with Gasteiger partial charge in [-0.15, -0.1) is 0 Å². The van der Waals surface area contributed by atoms with Gasteiger partial charge in [0.1, 0.15) is 13.1 Å². The van der Waals surface area contributed by atoms with E-state index in [9.17, 15) is 4.79 Å². The van der Waals surface area contributed by atoms with Gasteiger partial charge in [-0.25, -0.2) is 4.48 Å². The molecule has 4 heteroatoms. The lowest BCUT2D eigenvalue weighted by atomic mass is 10.2. The highest BCUT2D eigenvalue weighted by Gasteiger charge is 2.37. The van der Waals surface area contributed by atoms with Gasteiger partial charge in [0.05, 0.1) is 20.2 Å². The summed E-state index contributed by atoms with van der Waals surface area (Å²) in [7, 11) is 3.36. The number of carbonyl (C=O) groups excluding carboxylic acids is 1. The lowest BCUT2D eigenvalue weighted by Crippen LogP contribution is -2.62. The fourth-order valence-electron chi connectivity index (χ4n) is 1.70. The zero-order valence-corrected chi connectivity index (χ0v) is 7.96. The van der Waals surface area contributed by atoms with E-state index in [1.807, 2.05) is 7.05 Å². The molecule has 1 N–H and O–H groups in total. The molecule has 0 spiro atoms. The lowest BCUT2D eigenvalue weighted by molar-refractivity contribution is -0.842. The van der Waals surface area contributed by atoms with Crippen LogP contribution in [0.15, 0.2) is 0 Å². The summed E-state index contributed by atoms with van der Waals surface area (Å²) in [4.78, 5) is 11.4. The Labute approximate surface area is 73.1 Å². The molecule has 1 rings (SSSR count). The van der Waals surface area contributed by atoms with Crippen molar-refractivity contribution in [1.29, 1.82) is 0 Å². The normalized spacial score (nSPS) is 36.1. The van der Waals surface area contributed by atoms with E-state index in [1.165, 1.54) is 7.11 Å². The second-order valence-corrected chi connectivity index (χ2v) is 3.63. The fourth-order valence-corrected chi connectivity index (χ4v) is 1.70. The van der Waals surface area contributed by atoms with Crippen molar-refractivity contribution in [2.24, 2.45) is 0 Å². The Balaban J connectivity index is 2.63. The maximum atomic E-state index is 11.4. The summed E-state index contributed by atoms with van der Waals surface area (Å²) >= 11 is 0. The zero-order valence-electron chi connectivity index (χ0n) is 7.96. The van der Waals surface area contributed by atoms with Crippen molar-refractivity contribution in [1.82, 2.24) is 5.32 Å². The molecule has 0 bridgehead atoms. The molecule has 1 amide bonds. The second-order valence-electron chi connectivity index (χ2n) is 3.63. The number of quaternary nitrogens is 1. The minimum atomic E-state index is -0.136. The first-order chi connectivity index (χ1) is 5.58. The Hall–Kier alpha value is -0.610. The number of nitrogens with one attached hydrogen (secondary N) is 1. The molecule has 1 saturated heterocycles. The minimum Gasteiger partial charge on any atom is -0.423 e. The molecule has 1 fully saturated rings. The van der Waals surface area contributed by atoms with E-state index in [-0.39, 0.29) is 6.09 Å². The van der Waals surface area contributed by atoms with E-state index >= 15 is 0 Å². The molecule has 0 aromatic heterocycles.